The molecule has 3 rings (SSSR count). The van der Waals surface area contributed by atoms with Crippen LogP contribution in [0.4, 0.5) is 4.39 Å². The minimum atomic E-state index is -3.69. The zero-order chi connectivity index (χ0) is 18.9. The summed E-state index contributed by atoms with van der Waals surface area (Å²) in [5.74, 6) is -0.680. The van der Waals surface area contributed by atoms with Crippen molar-refractivity contribution in [2.75, 3.05) is 7.05 Å². The van der Waals surface area contributed by atoms with Gasteiger partial charge in [0.05, 0.1) is 15.5 Å². The fraction of sp³-hybridized carbons (Fsp3) is 0.278. The number of halogens is 2. The number of nitrogens with one attached hydrogen (secondary N) is 1. The van der Waals surface area contributed by atoms with Gasteiger partial charge < -0.3 is 4.90 Å². The third kappa shape index (κ3) is 4.06. The van der Waals surface area contributed by atoms with E-state index in [0.29, 0.717) is 6.54 Å². The molecular formula is C18H18ClFN2O3S. The predicted molar refractivity (Wildman–Crippen MR) is 97.0 cm³/mol. The Labute approximate surface area is 156 Å². The first kappa shape index (κ1) is 18.8. The van der Waals surface area contributed by atoms with E-state index in [2.05, 4.69) is 4.72 Å². The second kappa shape index (κ2) is 7.34. The molecule has 0 bridgehead atoms. The Morgan fingerprint density at radius 1 is 1.23 bits per heavy atom. The van der Waals surface area contributed by atoms with E-state index in [9.17, 15) is 17.6 Å². The van der Waals surface area contributed by atoms with E-state index in [1.165, 1.54) is 37.4 Å². The van der Waals surface area contributed by atoms with Crippen molar-refractivity contribution in [3.8, 4) is 0 Å². The van der Waals surface area contributed by atoms with Crippen LogP contribution in [0.5, 0.6) is 0 Å². The molecule has 0 spiro atoms. The van der Waals surface area contributed by atoms with Gasteiger partial charge in [0.15, 0.2) is 0 Å². The second-order valence-corrected chi connectivity index (χ2v) is 8.43. The molecule has 0 saturated heterocycles. The van der Waals surface area contributed by atoms with Crippen LogP contribution in [0.15, 0.2) is 47.4 Å². The Morgan fingerprint density at radius 2 is 1.88 bits per heavy atom. The van der Waals surface area contributed by atoms with Gasteiger partial charge in [-0.05, 0) is 55.8 Å². The molecule has 1 aliphatic rings. The third-order valence-corrected chi connectivity index (χ3v) is 6.00. The first-order valence-electron chi connectivity index (χ1n) is 8.10. The monoisotopic (exact) mass is 396 g/mol. The zero-order valence-corrected chi connectivity index (χ0v) is 15.6. The molecule has 1 N–H and O–H groups in total. The van der Waals surface area contributed by atoms with Gasteiger partial charge in [0.1, 0.15) is 5.82 Å². The Kier molecular flexibility index (Phi) is 5.32. The van der Waals surface area contributed by atoms with E-state index >= 15 is 0 Å². The first-order valence-corrected chi connectivity index (χ1v) is 9.96. The highest BCUT2D eigenvalue weighted by Gasteiger charge is 2.34. The Hall–Kier alpha value is -1.96. The lowest BCUT2D eigenvalue weighted by atomic mass is 10.1. The van der Waals surface area contributed by atoms with Crippen LogP contribution in [0, 0.1) is 5.82 Å². The summed E-state index contributed by atoms with van der Waals surface area (Å²) in [7, 11) is -2.38. The summed E-state index contributed by atoms with van der Waals surface area (Å²) in [6.45, 7) is 0.309. The normalized spacial score (nSPS) is 14.3. The van der Waals surface area contributed by atoms with Crippen LogP contribution in [0.1, 0.15) is 28.8 Å². The summed E-state index contributed by atoms with van der Waals surface area (Å²) in [5.41, 5.74) is 0.929. The fourth-order valence-electron chi connectivity index (χ4n) is 2.65. The van der Waals surface area contributed by atoms with Gasteiger partial charge in [-0.15, -0.1) is 0 Å². The molecule has 1 fully saturated rings. The quantitative estimate of drug-likeness (QED) is 0.815. The molecule has 0 aromatic heterocycles. The van der Waals surface area contributed by atoms with E-state index in [4.69, 9.17) is 11.6 Å². The molecule has 1 amide bonds. The number of amides is 1. The molecule has 0 aliphatic heterocycles. The van der Waals surface area contributed by atoms with Gasteiger partial charge in [-0.2, -0.15) is 0 Å². The molecule has 0 radical (unpaired) electrons. The standard InChI is InChI=1S/C18H18ClFN2O3S/c1-21-26(24,25)15-8-9-17(19)16(10-15)18(23)22(14-6-7-14)11-12-2-4-13(20)5-3-12/h2-5,8-10,14,21H,6-7,11H2,1H3. The number of rotatable bonds is 6. The van der Waals surface area contributed by atoms with Gasteiger partial charge in [-0.25, -0.2) is 17.5 Å². The number of benzene rings is 2. The SMILES string of the molecule is CNS(=O)(=O)c1ccc(Cl)c(C(=O)N(Cc2ccc(F)cc2)C2CC2)c1. The maximum Gasteiger partial charge on any atom is 0.255 e. The van der Waals surface area contributed by atoms with Gasteiger partial charge in [-0.3, -0.25) is 4.79 Å². The maximum absolute atomic E-state index is 13.1. The lowest BCUT2D eigenvalue weighted by molar-refractivity contribution is 0.0730. The highest BCUT2D eigenvalue weighted by atomic mass is 35.5. The Balaban J connectivity index is 1.92. The molecule has 0 unspecified atom stereocenters. The van der Waals surface area contributed by atoms with Crippen LogP contribution in [-0.2, 0) is 16.6 Å². The fourth-order valence-corrected chi connectivity index (χ4v) is 3.60. The van der Waals surface area contributed by atoms with Crippen LogP contribution in [0.2, 0.25) is 5.02 Å². The zero-order valence-electron chi connectivity index (χ0n) is 14.1. The average molecular weight is 397 g/mol. The van der Waals surface area contributed by atoms with Crippen LogP contribution in [-0.4, -0.2) is 32.3 Å². The number of carbonyl (C=O) groups is 1. The summed E-state index contributed by atoms with van der Waals surface area (Å²) in [4.78, 5) is 14.7. The van der Waals surface area contributed by atoms with Crippen molar-refractivity contribution < 1.29 is 17.6 Å². The molecule has 8 heteroatoms. The minimum Gasteiger partial charge on any atom is -0.331 e. The van der Waals surface area contributed by atoms with Gasteiger partial charge in [0.2, 0.25) is 10.0 Å². The van der Waals surface area contributed by atoms with Crippen molar-refractivity contribution in [2.45, 2.75) is 30.3 Å². The number of sulfonamides is 1. The number of carbonyl (C=O) groups excluding carboxylic acids is 1. The van der Waals surface area contributed by atoms with Crippen LogP contribution in [0.3, 0.4) is 0 Å². The van der Waals surface area contributed by atoms with Gasteiger partial charge in [0.25, 0.3) is 5.91 Å². The maximum atomic E-state index is 13.1. The van der Waals surface area contributed by atoms with Crippen LogP contribution >= 0.6 is 11.6 Å². The van der Waals surface area contributed by atoms with Crippen molar-refractivity contribution >= 4 is 27.5 Å². The van der Waals surface area contributed by atoms with Crippen molar-refractivity contribution in [3.05, 3.63) is 64.4 Å². The van der Waals surface area contributed by atoms with E-state index in [1.54, 1.807) is 17.0 Å². The van der Waals surface area contributed by atoms with Gasteiger partial charge in [0, 0.05) is 12.6 Å². The van der Waals surface area contributed by atoms with E-state index in [-0.39, 0.29) is 33.2 Å². The minimum absolute atomic E-state index is 0.0229. The second-order valence-electron chi connectivity index (χ2n) is 6.14. The third-order valence-electron chi connectivity index (χ3n) is 4.26. The van der Waals surface area contributed by atoms with Crippen molar-refractivity contribution in [3.63, 3.8) is 0 Å². The molecule has 0 heterocycles. The number of nitrogens with zero attached hydrogens (tertiary/aromatic N) is 1. The lowest BCUT2D eigenvalue weighted by Crippen LogP contribution is -2.33. The van der Waals surface area contributed by atoms with Gasteiger partial charge in [-0.1, -0.05) is 23.7 Å². The van der Waals surface area contributed by atoms with Crippen molar-refractivity contribution in [1.29, 1.82) is 0 Å². The summed E-state index contributed by atoms with van der Waals surface area (Å²) in [5, 5.41) is 0.190. The van der Waals surface area contributed by atoms with Crippen LogP contribution < -0.4 is 4.72 Å². The average Bonchev–Trinajstić information content (AvgIpc) is 3.46. The predicted octanol–water partition coefficient (Wildman–Crippen LogP) is 3.19. The molecule has 2 aromatic rings. The largest absolute Gasteiger partial charge is 0.331 e. The van der Waals surface area contributed by atoms with Gasteiger partial charge >= 0.3 is 0 Å². The molecule has 1 saturated carbocycles. The summed E-state index contributed by atoms with van der Waals surface area (Å²) < 4.78 is 39.3. The van der Waals surface area contributed by atoms with Crippen LogP contribution in [0.25, 0.3) is 0 Å². The molecule has 0 atom stereocenters. The van der Waals surface area contributed by atoms with E-state index in [0.717, 1.165) is 18.4 Å². The Bertz CT molecular complexity index is 928. The topological polar surface area (TPSA) is 66.5 Å². The Morgan fingerprint density at radius 3 is 2.46 bits per heavy atom. The number of hydrogen-bond donors (Lipinski definition) is 1. The molecule has 1 aliphatic carbocycles. The van der Waals surface area contributed by atoms with E-state index < -0.39 is 10.0 Å². The van der Waals surface area contributed by atoms with E-state index in [1.807, 2.05) is 0 Å². The smallest absolute Gasteiger partial charge is 0.255 e. The highest BCUT2D eigenvalue weighted by Crippen LogP contribution is 2.32. The van der Waals surface area contributed by atoms with Crippen molar-refractivity contribution in [2.24, 2.45) is 0 Å². The summed E-state index contributed by atoms with van der Waals surface area (Å²) >= 11 is 6.16. The first-order chi connectivity index (χ1) is 12.3. The molecular weight excluding hydrogens is 379 g/mol. The number of hydrogen-bond acceptors (Lipinski definition) is 3. The lowest BCUT2D eigenvalue weighted by Gasteiger charge is -2.23. The summed E-state index contributed by atoms with van der Waals surface area (Å²) in [6.07, 6.45) is 1.75. The highest BCUT2D eigenvalue weighted by molar-refractivity contribution is 7.89. The molecule has 2 aromatic carbocycles. The molecule has 5 nitrogen and oxygen atoms in total. The molecule has 26 heavy (non-hydrogen) atoms. The molecule has 138 valence electrons. The van der Waals surface area contributed by atoms with Crippen molar-refractivity contribution in [1.82, 2.24) is 9.62 Å². The summed E-state index contributed by atoms with van der Waals surface area (Å²) in [6, 6.07) is 10.1.